The predicted octanol–water partition coefficient (Wildman–Crippen LogP) is 0.368. The number of benzene rings is 1. The third-order valence-corrected chi connectivity index (χ3v) is 3.76. The first-order valence-electron chi connectivity index (χ1n) is 8.27. The zero-order valence-corrected chi connectivity index (χ0v) is 14.8. The van der Waals surface area contributed by atoms with Crippen LogP contribution in [0, 0.1) is 5.92 Å². The molecule has 0 aliphatic carbocycles. The van der Waals surface area contributed by atoms with E-state index in [0.717, 1.165) is 25.4 Å². The quantitative estimate of drug-likeness (QED) is 0.672. The Labute approximate surface area is 145 Å². The monoisotopic (exact) mass is 340 g/mol. The second kappa shape index (κ2) is 10.5. The molecule has 1 aromatic carbocycles. The van der Waals surface area contributed by atoms with Crippen molar-refractivity contribution in [3.05, 3.63) is 29.8 Å². The van der Waals surface area contributed by atoms with Gasteiger partial charge in [-0.25, -0.2) is 4.79 Å². The first kappa shape index (κ1) is 19.8. The smallest absolute Gasteiger partial charge is 0.338 e. The van der Waals surface area contributed by atoms with Crippen LogP contribution in [0.2, 0.25) is 0 Å². The zero-order valence-electron chi connectivity index (χ0n) is 14.1. The van der Waals surface area contributed by atoms with Crippen molar-refractivity contribution < 1.29 is 26.7 Å². The summed E-state index contributed by atoms with van der Waals surface area (Å²) in [7, 11) is 0. The Morgan fingerprint density at radius 3 is 2.39 bits per heavy atom. The van der Waals surface area contributed by atoms with Crippen LogP contribution >= 0.6 is 0 Å². The lowest BCUT2D eigenvalue weighted by molar-refractivity contribution is -0.0000245. The Morgan fingerprint density at radius 1 is 1.13 bits per heavy atom. The van der Waals surface area contributed by atoms with Crippen molar-refractivity contribution in [3.8, 4) is 5.75 Å². The number of piperidine rings is 1. The van der Waals surface area contributed by atoms with Gasteiger partial charge >= 0.3 is 5.97 Å². The first-order valence-corrected chi connectivity index (χ1v) is 8.27. The van der Waals surface area contributed by atoms with E-state index in [4.69, 9.17) is 9.47 Å². The van der Waals surface area contributed by atoms with Crippen LogP contribution in [-0.4, -0.2) is 43.7 Å². The Bertz CT molecular complexity index is 456. The number of carbonyl (C=O) groups excluding carboxylic acids is 1. The van der Waals surface area contributed by atoms with Crippen LogP contribution in [0.25, 0.3) is 0 Å². The molecule has 1 aliphatic rings. The maximum atomic E-state index is 12.0. The third kappa shape index (κ3) is 7.23. The van der Waals surface area contributed by atoms with Crippen molar-refractivity contribution in [1.29, 1.82) is 0 Å². The minimum atomic E-state index is -0.257. The lowest BCUT2D eigenvalue weighted by Gasteiger charge is -2.25. The van der Waals surface area contributed by atoms with E-state index in [1.807, 2.05) is 12.1 Å². The zero-order chi connectivity index (χ0) is 15.8. The minimum absolute atomic E-state index is 0. The van der Waals surface area contributed by atoms with Gasteiger partial charge in [-0.3, -0.25) is 4.90 Å². The van der Waals surface area contributed by atoms with E-state index >= 15 is 0 Å². The highest BCUT2D eigenvalue weighted by Gasteiger charge is 2.12. The van der Waals surface area contributed by atoms with E-state index in [1.54, 1.807) is 12.1 Å². The second-order valence-corrected chi connectivity index (χ2v) is 6.27. The average molecular weight is 341 g/mol. The third-order valence-electron chi connectivity index (χ3n) is 3.76. The van der Waals surface area contributed by atoms with Gasteiger partial charge in [-0.2, -0.15) is 0 Å². The van der Waals surface area contributed by atoms with Gasteiger partial charge < -0.3 is 21.9 Å². The van der Waals surface area contributed by atoms with Crippen molar-refractivity contribution >= 4 is 5.97 Å². The molecular weight excluding hydrogens is 314 g/mol. The molecule has 1 heterocycles. The molecule has 0 bridgehead atoms. The number of ether oxygens (including phenoxy) is 2. The van der Waals surface area contributed by atoms with Crippen LogP contribution < -0.4 is 17.1 Å². The number of esters is 1. The molecule has 0 saturated carbocycles. The van der Waals surface area contributed by atoms with Crippen LogP contribution in [0.5, 0.6) is 5.75 Å². The van der Waals surface area contributed by atoms with E-state index in [0.29, 0.717) is 24.7 Å². The van der Waals surface area contributed by atoms with Crippen molar-refractivity contribution in [3.63, 3.8) is 0 Å². The number of rotatable bonds is 7. The van der Waals surface area contributed by atoms with Crippen molar-refractivity contribution in [2.24, 2.45) is 5.92 Å². The Kier molecular flexibility index (Phi) is 9.03. The summed E-state index contributed by atoms with van der Waals surface area (Å²) >= 11 is 0. The molecule has 5 heteroatoms. The van der Waals surface area contributed by atoms with E-state index in [1.165, 1.54) is 19.3 Å². The fourth-order valence-electron chi connectivity index (χ4n) is 2.48. The van der Waals surface area contributed by atoms with Gasteiger partial charge in [-0.05, 0) is 56.1 Å². The number of halogens is 1. The number of hydrogen-bond acceptors (Lipinski definition) is 4. The molecule has 1 aromatic rings. The summed E-state index contributed by atoms with van der Waals surface area (Å²) in [5, 5.41) is 0. The molecule has 130 valence electrons. The van der Waals surface area contributed by atoms with Crippen LogP contribution in [0.4, 0.5) is 0 Å². The summed E-state index contributed by atoms with van der Waals surface area (Å²) in [4.78, 5) is 14.3. The molecule has 23 heavy (non-hydrogen) atoms. The van der Waals surface area contributed by atoms with Gasteiger partial charge in [-0.1, -0.05) is 20.3 Å². The standard InChI is InChI=1S/C18H27NO3.ClH/c1-15(2)14-22-17-8-6-16(7-9-17)18(20)21-13-12-19-10-4-3-5-11-19;/h6-9,15H,3-5,10-14H2,1-2H3;1H/p-1. The van der Waals surface area contributed by atoms with Gasteiger partial charge in [0.1, 0.15) is 12.4 Å². The van der Waals surface area contributed by atoms with E-state index in [9.17, 15) is 4.79 Å². The van der Waals surface area contributed by atoms with Crippen molar-refractivity contribution in [2.45, 2.75) is 33.1 Å². The highest BCUT2D eigenvalue weighted by molar-refractivity contribution is 5.89. The summed E-state index contributed by atoms with van der Waals surface area (Å²) in [6.07, 6.45) is 3.83. The maximum Gasteiger partial charge on any atom is 0.338 e. The summed E-state index contributed by atoms with van der Waals surface area (Å²) < 4.78 is 11.0. The largest absolute Gasteiger partial charge is 1.00 e. The molecule has 0 spiro atoms. The van der Waals surface area contributed by atoms with Gasteiger partial charge in [0.15, 0.2) is 0 Å². The lowest BCUT2D eigenvalue weighted by Crippen LogP contribution is -3.00. The molecule has 0 unspecified atom stereocenters. The molecule has 1 saturated heterocycles. The number of hydrogen-bond donors (Lipinski definition) is 0. The minimum Gasteiger partial charge on any atom is -1.00 e. The van der Waals surface area contributed by atoms with Gasteiger partial charge in [0.25, 0.3) is 0 Å². The molecule has 0 N–H and O–H groups in total. The number of nitrogens with zero attached hydrogens (tertiary/aromatic N) is 1. The molecule has 2 rings (SSSR count). The fraction of sp³-hybridized carbons (Fsp3) is 0.611. The fourth-order valence-corrected chi connectivity index (χ4v) is 2.48. The van der Waals surface area contributed by atoms with Crippen LogP contribution in [0.1, 0.15) is 43.5 Å². The number of likely N-dealkylation sites (tertiary alicyclic amines) is 1. The molecule has 1 aliphatic heterocycles. The van der Waals surface area contributed by atoms with Crippen molar-refractivity contribution in [1.82, 2.24) is 4.90 Å². The van der Waals surface area contributed by atoms with Gasteiger partial charge in [-0.15, -0.1) is 0 Å². The summed E-state index contributed by atoms with van der Waals surface area (Å²) in [5.41, 5.74) is 0.579. The normalized spacial score (nSPS) is 15.1. The number of carbonyl (C=O) groups is 1. The lowest BCUT2D eigenvalue weighted by atomic mass is 10.1. The molecular formula is C18H27ClNO3-. The Morgan fingerprint density at radius 2 is 1.78 bits per heavy atom. The molecule has 4 nitrogen and oxygen atoms in total. The molecule has 0 atom stereocenters. The summed E-state index contributed by atoms with van der Waals surface area (Å²) in [6.45, 7) is 8.44. The average Bonchev–Trinajstić information content (AvgIpc) is 2.54. The highest BCUT2D eigenvalue weighted by Crippen LogP contribution is 2.14. The highest BCUT2D eigenvalue weighted by atomic mass is 35.5. The topological polar surface area (TPSA) is 38.8 Å². The van der Waals surface area contributed by atoms with Gasteiger partial charge in [0, 0.05) is 6.54 Å². The predicted molar refractivity (Wildman–Crippen MR) is 87.3 cm³/mol. The first-order chi connectivity index (χ1) is 10.6. The van der Waals surface area contributed by atoms with Crippen LogP contribution in [0.3, 0.4) is 0 Å². The Hall–Kier alpha value is -1.26. The summed E-state index contributed by atoms with van der Waals surface area (Å²) in [6, 6.07) is 7.17. The van der Waals surface area contributed by atoms with Crippen LogP contribution in [-0.2, 0) is 4.74 Å². The SMILES string of the molecule is CC(C)COc1ccc(C(=O)OCCN2CCCCC2)cc1.[Cl-]. The molecule has 0 aromatic heterocycles. The van der Waals surface area contributed by atoms with E-state index < -0.39 is 0 Å². The van der Waals surface area contributed by atoms with Gasteiger partial charge in [0.2, 0.25) is 0 Å². The van der Waals surface area contributed by atoms with E-state index in [-0.39, 0.29) is 18.4 Å². The summed E-state index contributed by atoms with van der Waals surface area (Å²) in [5.74, 6) is 1.02. The second-order valence-electron chi connectivity index (χ2n) is 6.27. The molecule has 1 fully saturated rings. The molecule has 0 radical (unpaired) electrons. The van der Waals surface area contributed by atoms with Crippen molar-refractivity contribution in [2.75, 3.05) is 32.8 Å². The Balaban J connectivity index is 0.00000264. The van der Waals surface area contributed by atoms with E-state index in [2.05, 4.69) is 18.7 Å². The maximum absolute atomic E-state index is 12.0. The molecule has 0 amide bonds. The van der Waals surface area contributed by atoms with Crippen LogP contribution in [0.15, 0.2) is 24.3 Å². The van der Waals surface area contributed by atoms with Gasteiger partial charge in [0.05, 0.1) is 12.2 Å².